The second-order valence-electron chi connectivity index (χ2n) is 4.47. The molecule has 0 atom stereocenters. The van der Waals surface area contributed by atoms with E-state index in [1.54, 1.807) is 6.08 Å². The molecule has 1 nitrogen and oxygen atoms in total. The Hall–Kier alpha value is 0.163. The van der Waals surface area contributed by atoms with Crippen LogP contribution in [0.2, 0.25) is 0 Å². The Balaban J connectivity index is 0. The van der Waals surface area contributed by atoms with E-state index in [9.17, 15) is 5.41 Å². The van der Waals surface area contributed by atoms with Crippen molar-refractivity contribution in [2.45, 2.75) is 33.1 Å². The minimum Gasteiger partial charge on any atom is -0.812 e. The molecule has 2 saturated carbocycles. The fourth-order valence-corrected chi connectivity index (χ4v) is 1.41. The number of nitrogens with zero attached hydrogens (tertiary/aromatic N) is 1. The minimum atomic E-state index is 0. The van der Waals surface area contributed by atoms with Gasteiger partial charge in [0.1, 0.15) is 0 Å². The minimum absolute atomic E-state index is 0. The summed E-state index contributed by atoms with van der Waals surface area (Å²) in [6.45, 7) is 7.64. The smallest absolute Gasteiger partial charge is 0.812 e. The van der Waals surface area contributed by atoms with Crippen molar-refractivity contribution in [1.82, 2.24) is 0 Å². The molecule has 0 N–H and O–H groups in total. The molecule has 10 radical (unpaired) electrons. The number of hydrogen-bond acceptors (Lipinski definition) is 0. The Morgan fingerprint density at radius 2 is 1.24 bits per heavy atom. The average molecular weight is 359 g/mol. The second kappa shape index (κ2) is 18.2. The maximum Gasteiger partial charge on any atom is 2.00 e. The monoisotopic (exact) mass is 357 g/mol. The maximum atomic E-state index is 9.20. The van der Waals surface area contributed by atoms with Gasteiger partial charge in [-0.25, -0.2) is 24.3 Å². The molecule has 0 unspecified atom stereocenters. The Kier molecular flexibility index (Phi) is 20.3. The summed E-state index contributed by atoms with van der Waals surface area (Å²) >= 11 is 0. The Morgan fingerprint density at radius 1 is 0.905 bits per heavy atom. The first kappa shape index (κ1) is 23.4. The molecule has 2 aliphatic carbocycles. The first-order chi connectivity index (χ1) is 9.70. The summed E-state index contributed by atoms with van der Waals surface area (Å²) in [5.41, 5.74) is 1.70. The third-order valence-electron chi connectivity index (χ3n) is 2.48. The van der Waals surface area contributed by atoms with Gasteiger partial charge in [0, 0.05) is 0 Å². The van der Waals surface area contributed by atoms with Crippen LogP contribution >= 0.6 is 0 Å². The molecule has 0 aromatic heterocycles. The standard InChI is InChI=1S/C9H15N.2C5H5.Zr/c1-4-6-9(10)7-8(3)5-2;2*1-2-4-5-3-1;/h5H,2,4,6-7H2,1,3H3;2*1-5H;/q-2;;;+2/b8-5-;;;. The molecule has 0 aliphatic heterocycles. The van der Waals surface area contributed by atoms with E-state index in [0.717, 1.165) is 18.4 Å². The van der Waals surface area contributed by atoms with Crippen LogP contribution in [-0.4, -0.2) is 5.71 Å². The first-order valence-corrected chi connectivity index (χ1v) is 7.02. The normalized spacial score (nSPS) is 17.0. The van der Waals surface area contributed by atoms with Crippen LogP contribution in [0, 0.1) is 71.1 Å². The van der Waals surface area contributed by atoms with Crippen LogP contribution in [-0.2, 0) is 26.2 Å². The van der Waals surface area contributed by atoms with E-state index in [-0.39, 0.29) is 26.2 Å². The fraction of sp³-hybridized carbons (Fsp3) is 0.263. The Bertz CT molecular complexity index is 225. The first-order valence-electron chi connectivity index (χ1n) is 7.02. The van der Waals surface area contributed by atoms with Gasteiger partial charge in [-0.3, -0.25) is 0 Å². The van der Waals surface area contributed by atoms with Crippen molar-refractivity contribution in [2.75, 3.05) is 0 Å². The summed E-state index contributed by atoms with van der Waals surface area (Å²) in [5, 5.41) is 9.20. The zero-order valence-corrected chi connectivity index (χ0v) is 15.6. The molecule has 0 heterocycles. The Morgan fingerprint density at radius 3 is 1.48 bits per heavy atom. The molecule has 0 spiro atoms. The molecule has 2 aliphatic rings. The van der Waals surface area contributed by atoms with Crippen LogP contribution in [0.4, 0.5) is 0 Å². The van der Waals surface area contributed by atoms with Crippen LogP contribution in [0.1, 0.15) is 33.1 Å². The molecule has 21 heavy (non-hydrogen) atoms. The molecule has 110 valence electrons. The van der Waals surface area contributed by atoms with Gasteiger partial charge in [-0.15, -0.1) is 6.92 Å². The fourth-order valence-electron chi connectivity index (χ4n) is 1.41. The molecule has 2 heteroatoms. The van der Waals surface area contributed by atoms with Crippen molar-refractivity contribution in [3.8, 4) is 0 Å². The number of allylic oxidation sites excluding steroid dienone is 2. The predicted octanol–water partition coefficient (Wildman–Crippen LogP) is 5.01. The van der Waals surface area contributed by atoms with Crippen molar-refractivity contribution in [3.63, 3.8) is 0 Å². The molecule has 0 bridgehead atoms. The van der Waals surface area contributed by atoms with Crippen LogP contribution in [0.15, 0.2) is 11.6 Å². The molecule has 0 amide bonds. The summed E-state index contributed by atoms with van der Waals surface area (Å²) in [6, 6.07) is 0. The van der Waals surface area contributed by atoms with E-state index < -0.39 is 0 Å². The Labute approximate surface area is 153 Å². The number of hydrogen-bond donors (Lipinski definition) is 0. The second-order valence-corrected chi connectivity index (χ2v) is 4.47. The van der Waals surface area contributed by atoms with Crippen molar-refractivity contribution in [2.24, 2.45) is 0 Å². The van der Waals surface area contributed by atoms with Gasteiger partial charge in [-0.05, 0) is 64.2 Å². The quantitative estimate of drug-likeness (QED) is 0.498. The summed E-state index contributed by atoms with van der Waals surface area (Å²) in [7, 11) is 0. The van der Waals surface area contributed by atoms with Gasteiger partial charge < -0.3 is 5.41 Å². The largest absolute Gasteiger partial charge is 2.00 e. The van der Waals surface area contributed by atoms with Crippen molar-refractivity contribution in [3.05, 3.63) is 88.2 Å². The van der Waals surface area contributed by atoms with Crippen molar-refractivity contribution >= 4 is 5.71 Å². The molecule has 0 saturated heterocycles. The van der Waals surface area contributed by atoms with Gasteiger partial charge in [0.2, 0.25) is 0 Å². The summed E-state index contributed by atoms with van der Waals surface area (Å²) in [6.07, 6.45) is 24.3. The van der Waals surface area contributed by atoms with Gasteiger partial charge in [-0.1, -0.05) is 26.2 Å². The van der Waals surface area contributed by atoms with Crippen LogP contribution in [0.25, 0.3) is 5.41 Å². The SMILES string of the molecule is [CH2-]/C=C(/C)CC(=[N-])CCC.[CH]1[CH][CH][CH][CH]1.[CH]1[CH][CH][CH][CH]1.[Zr+2]. The molecular weight excluding hydrogens is 333 g/mol. The van der Waals surface area contributed by atoms with Gasteiger partial charge in [0.15, 0.2) is 0 Å². The van der Waals surface area contributed by atoms with Crippen LogP contribution in [0.3, 0.4) is 0 Å². The molecule has 2 rings (SSSR count). The molecule has 2 fully saturated rings. The number of rotatable bonds is 4. The average Bonchev–Trinajstić information content (AvgIpc) is 3.16. The molecule has 0 aromatic rings. The van der Waals surface area contributed by atoms with Gasteiger partial charge in [0.05, 0.1) is 0 Å². The molecular formula is C19H25NZr. The van der Waals surface area contributed by atoms with Crippen LogP contribution in [0.5, 0.6) is 0 Å². The van der Waals surface area contributed by atoms with Gasteiger partial charge in [0.25, 0.3) is 0 Å². The van der Waals surface area contributed by atoms with Crippen LogP contribution < -0.4 is 0 Å². The maximum absolute atomic E-state index is 9.20. The topological polar surface area (TPSA) is 22.3 Å². The zero-order valence-electron chi connectivity index (χ0n) is 13.1. The van der Waals surface area contributed by atoms with Crippen molar-refractivity contribution in [1.29, 1.82) is 0 Å². The summed E-state index contributed by atoms with van der Waals surface area (Å²) < 4.78 is 0. The van der Waals surface area contributed by atoms with Crippen molar-refractivity contribution < 1.29 is 26.2 Å². The van der Waals surface area contributed by atoms with Gasteiger partial charge >= 0.3 is 26.2 Å². The van der Waals surface area contributed by atoms with E-state index >= 15 is 0 Å². The zero-order chi connectivity index (χ0) is 15.1. The van der Waals surface area contributed by atoms with E-state index in [2.05, 4.69) is 13.8 Å². The summed E-state index contributed by atoms with van der Waals surface area (Å²) in [5.74, 6) is 0. The van der Waals surface area contributed by atoms with E-state index in [1.165, 1.54) is 0 Å². The predicted molar refractivity (Wildman–Crippen MR) is 90.0 cm³/mol. The molecule has 0 aromatic carbocycles. The van der Waals surface area contributed by atoms with Gasteiger partial charge in [-0.2, -0.15) is 0 Å². The third-order valence-corrected chi connectivity index (χ3v) is 2.48. The third kappa shape index (κ3) is 18.1. The van der Waals surface area contributed by atoms with E-state index in [4.69, 9.17) is 0 Å². The van der Waals surface area contributed by atoms with E-state index in [1.807, 2.05) is 71.1 Å². The summed E-state index contributed by atoms with van der Waals surface area (Å²) in [4.78, 5) is 0. The van der Waals surface area contributed by atoms with E-state index in [0.29, 0.717) is 12.1 Å².